The first-order valence-corrected chi connectivity index (χ1v) is 5.96. The SMILES string of the molecule is CCNC(=O)C(C)NCc1cccc(OC)c1O. The van der Waals surface area contributed by atoms with Crippen LogP contribution in [0.3, 0.4) is 0 Å². The molecule has 0 spiro atoms. The van der Waals surface area contributed by atoms with Gasteiger partial charge in [0.05, 0.1) is 13.2 Å². The number of aromatic hydroxyl groups is 1. The molecule has 0 aliphatic rings. The number of phenolic OH excluding ortho intramolecular Hbond substituents is 1. The highest BCUT2D eigenvalue weighted by Crippen LogP contribution is 2.29. The van der Waals surface area contributed by atoms with Crippen LogP contribution in [0.1, 0.15) is 19.4 Å². The number of methoxy groups -OCH3 is 1. The van der Waals surface area contributed by atoms with E-state index in [0.29, 0.717) is 24.4 Å². The molecular weight excluding hydrogens is 232 g/mol. The Balaban J connectivity index is 2.61. The fourth-order valence-corrected chi connectivity index (χ4v) is 1.56. The van der Waals surface area contributed by atoms with Crippen molar-refractivity contribution in [3.8, 4) is 11.5 Å². The zero-order chi connectivity index (χ0) is 13.5. The first kappa shape index (κ1) is 14.3. The summed E-state index contributed by atoms with van der Waals surface area (Å²) in [6, 6.07) is 4.96. The molecule has 5 heteroatoms. The average molecular weight is 252 g/mol. The molecule has 1 aromatic carbocycles. The normalized spacial score (nSPS) is 11.9. The van der Waals surface area contributed by atoms with Crippen LogP contribution < -0.4 is 15.4 Å². The van der Waals surface area contributed by atoms with Gasteiger partial charge in [0.15, 0.2) is 11.5 Å². The summed E-state index contributed by atoms with van der Waals surface area (Å²) in [5.41, 5.74) is 0.700. The molecule has 0 saturated carbocycles. The molecule has 1 amide bonds. The fourth-order valence-electron chi connectivity index (χ4n) is 1.56. The second kappa shape index (κ2) is 6.86. The van der Waals surface area contributed by atoms with E-state index in [1.807, 2.05) is 6.92 Å². The largest absolute Gasteiger partial charge is 0.504 e. The highest BCUT2D eigenvalue weighted by Gasteiger charge is 2.13. The molecule has 1 rings (SSSR count). The van der Waals surface area contributed by atoms with Gasteiger partial charge in [-0.3, -0.25) is 4.79 Å². The van der Waals surface area contributed by atoms with Crippen molar-refractivity contribution >= 4 is 5.91 Å². The Labute approximate surface area is 107 Å². The monoisotopic (exact) mass is 252 g/mol. The van der Waals surface area contributed by atoms with Crippen molar-refractivity contribution < 1.29 is 14.6 Å². The van der Waals surface area contributed by atoms with Crippen LogP contribution in [0.4, 0.5) is 0 Å². The van der Waals surface area contributed by atoms with Crippen molar-refractivity contribution in [2.45, 2.75) is 26.4 Å². The molecular formula is C13H20N2O3. The molecule has 0 aromatic heterocycles. The third-order valence-electron chi connectivity index (χ3n) is 2.65. The summed E-state index contributed by atoms with van der Waals surface area (Å²) in [6.07, 6.45) is 0. The molecule has 0 saturated heterocycles. The van der Waals surface area contributed by atoms with Crippen molar-refractivity contribution in [1.29, 1.82) is 0 Å². The number of rotatable bonds is 6. The zero-order valence-corrected chi connectivity index (χ0v) is 11.0. The molecule has 3 N–H and O–H groups in total. The third-order valence-corrected chi connectivity index (χ3v) is 2.65. The van der Waals surface area contributed by atoms with E-state index in [1.54, 1.807) is 25.1 Å². The van der Waals surface area contributed by atoms with Crippen molar-refractivity contribution in [2.75, 3.05) is 13.7 Å². The van der Waals surface area contributed by atoms with E-state index in [-0.39, 0.29) is 17.7 Å². The van der Waals surface area contributed by atoms with Crippen LogP contribution >= 0.6 is 0 Å². The summed E-state index contributed by atoms with van der Waals surface area (Å²) >= 11 is 0. The van der Waals surface area contributed by atoms with Crippen LogP contribution in [0.25, 0.3) is 0 Å². The van der Waals surface area contributed by atoms with E-state index in [0.717, 1.165) is 0 Å². The number of hydrogen-bond donors (Lipinski definition) is 3. The summed E-state index contributed by atoms with van der Waals surface area (Å²) < 4.78 is 5.02. The molecule has 100 valence electrons. The van der Waals surface area contributed by atoms with E-state index in [2.05, 4.69) is 10.6 Å². The van der Waals surface area contributed by atoms with E-state index < -0.39 is 0 Å². The van der Waals surface area contributed by atoms with Crippen LogP contribution in [0.15, 0.2) is 18.2 Å². The number of likely N-dealkylation sites (N-methyl/N-ethyl adjacent to an activating group) is 1. The van der Waals surface area contributed by atoms with Gasteiger partial charge < -0.3 is 20.5 Å². The standard InChI is InChI=1S/C13H20N2O3/c1-4-14-13(17)9(2)15-8-10-6-5-7-11(18-3)12(10)16/h5-7,9,15-16H,4,8H2,1-3H3,(H,14,17). The van der Waals surface area contributed by atoms with Gasteiger partial charge in [0.25, 0.3) is 0 Å². The fraction of sp³-hybridized carbons (Fsp3) is 0.462. The van der Waals surface area contributed by atoms with Gasteiger partial charge in [0.2, 0.25) is 5.91 Å². The Morgan fingerprint density at radius 1 is 1.50 bits per heavy atom. The van der Waals surface area contributed by atoms with Crippen LogP contribution in [0.5, 0.6) is 11.5 Å². The van der Waals surface area contributed by atoms with Gasteiger partial charge in [-0.05, 0) is 19.9 Å². The number of benzene rings is 1. The Morgan fingerprint density at radius 2 is 2.22 bits per heavy atom. The van der Waals surface area contributed by atoms with Gasteiger partial charge >= 0.3 is 0 Å². The van der Waals surface area contributed by atoms with Gasteiger partial charge in [0.1, 0.15) is 0 Å². The lowest BCUT2D eigenvalue weighted by atomic mass is 10.1. The summed E-state index contributed by atoms with van der Waals surface area (Å²) in [5, 5.41) is 15.7. The number of phenols is 1. The van der Waals surface area contributed by atoms with Crippen molar-refractivity contribution in [1.82, 2.24) is 10.6 Å². The minimum Gasteiger partial charge on any atom is -0.504 e. The Hall–Kier alpha value is -1.75. The molecule has 0 heterocycles. The number of ether oxygens (including phenoxy) is 1. The second-order valence-electron chi connectivity index (χ2n) is 3.97. The van der Waals surface area contributed by atoms with Gasteiger partial charge in [-0.2, -0.15) is 0 Å². The molecule has 5 nitrogen and oxygen atoms in total. The van der Waals surface area contributed by atoms with Crippen molar-refractivity contribution in [3.63, 3.8) is 0 Å². The molecule has 0 aliphatic carbocycles. The summed E-state index contributed by atoms with van der Waals surface area (Å²) in [7, 11) is 1.50. The first-order chi connectivity index (χ1) is 8.60. The van der Waals surface area contributed by atoms with Crippen LogP contribution in [-0.2, 0) is 11.3 Å². The maximum atomic E-state index is 11.5. The summed E-state index contributed by atoms with van der Waals surface area (Å²) in [5.74, 6) is 0.482. The number of amides is 1. The predicted molar refractivity (Wildman–Crippen MR) is 69.6 cm³/mol. The minimum atomic E-state index is -0.310. The number of hydrogen-bond acceptors (Lipinski definition) is 4. The highest BCUT2D eigenvalue weighted by molar-refractivity contribution is 5.81. The first-order valence-electron chi connectivity index (χ1n) is 5.96. The lowest BCUT2D eigenvalue weighted by Crippen LogP contribution is -2.41. The maximum Gasteiger partial charge on any atom is 0.236 e. The molecule has 0 fully saturated rings. The van der Waals surface area contributed by atoms with Gasteiger partial charge in [-0.1, -0.05) is 12.1 Å². The smallest absolute Gasteiger partial charge is 0.236 e. The molecule has 0 bridgehead atoms. The summed E-state index contributed by atoms with van der Waals surface area (Å²) in [4.78, 5) is 11.5. The van der Waals surface area contributed by atoms with Gasteiger partial charge in [-0.25, -0.2) is 0 Å². The van der Waals surface area contributed by atoms with E-state index >= 15 is 0 Å². The summed E-state index contributed by atoms with van der Waals surface area (Å²) in [6.45, 7) is 4.66. The number of nitrogens with one attached hydrogen (secondary N) is 2. The average Bonchev–Trinajstić information content (AvgIpc) is 2.37. The molecule has 18 heavy (non-hydrogen) atoms. The third kappa shape index (κ3) is 3.63. The molecule has 0 aliphatic heterocycles. The quantitative estimate of drug-likeness (QED) is 0.707. The van der Waals surface area contributed by atoms with E-state index in [4.69, 9.17) is 4.74 Å². The van der Waals surface area contributed by atoms with Crippen LogP contribution in [0, 0.1) is 0 Å². The van der Waals surface area contributed by atoms with Gasteiger partial charge in [0, 0.05) is 18.7 Å². The Bertz CT molecular complexity index is 407. The number of carbonyl (C=O) groups is 1. The van der Waals surface area contributed by atoms with Crippen LogP contribution in [0.2, 0.25) is 0 Å². The highest BCUT2D eigenvalue weighted by atomic mass is 16.5. The predicted octanol–water partition coefficient (Wildman–Crippen LogP) is 1.01. The molecule has 1 aromatic rings. The van der Waals surface area contributed by atoms with E-state index in [1.165, 1.54) is 7.11 Å². The lowest BCUT2D eigenvalue weighted by Gasteiger charge is -2.14. The van der Waals surface area contributed by atoms with E-state index in [9.17, 15) is 9.90 Å². The molecule has 0 radical (unpaired) electrons. The zero-order valence-electron chi connectivity index (χ0n) is 11.0. The Morgan fingerprint density at radius 3 is 2.83 bits per heavy atom. The topological polar surface area (TPSA) is 70.6 Å². The lowest BCUT2D eigenvalue weighted by molar-refractivity contribution is -0.122. The van der Waals surface area contributed by atoms with Crippen molar-refractivity contribution in [2.24, 2.45) is 0 Å². The minimum absolute atomic E-state index is 0.0557. The van der Waals surface area contributed by atoms with Crippen molar-refractivity contribution in [3.05, 3.63) is 23.8 Å². The molecule has 1 unspecified atom stereocenters. The van der Waals surface area contributed by atoms with Gasteiger partial charge in [-0.15, -0.1) is 0 Å². The Kier molecular flexibility index (Phi) is 5.45. The number of para-hydroxylation sites is 1. The second-order valence-corrected chi connectivity index (χ2v) is 3.97. The van der Waals surface area contributed by atoms with Crippen LogP contribution in [-0.4, -0.2) is 30.7 Å². The maximum absolute atomic E-state index is 11.5. The molecule has 1 atom stereocenters. The number of carbonyl (C=O) groups excluding carboxylic acids is 1.